The summed E-state index contributed by atoms with van der Waals surface area (Å²) in [4.78, 5) is 24.3. The first-order chi connectivity index (χ1) is 9.13. The van der Waals surface area contributed by atoms with Crippen LogP contribution in [0.3, 0.4) is 0 Å². The Morgan fingerprint density at radius 2 is 2.05 bits per heavy atom. The van der Waals surface area contributed by atoms with Crippen LogP contribution < -0.4 is 11.1 Å². The number of benzene rings is 1. The molecule has 3 amide bonds. The van der Waals surface area contributed by atoms with Gasteiger partial charge in [0.05, 0.1) is 17.8 Å². The van der Waals surface area contributed by atoms with Gasteiger partial charge in [0.2, 0.25) is 0 Å². The number of nitrogens with two attached hydrogens (primary N) is 1. The number of nitrogens with one attached hydrogen (secondary N) is 1. The van der Waals surface area contributed by atoms with E-state index in [1.54, 1.807) is 18.2 Å². The minimum Gasteiger partial charge on any atom is -0.351 e. The first-order valence-electron chi connectivity index (χ1n) is 5.71. The quantitative estimate of drug-likeness (QED) is 0.817. The number of rotatable bonds is 2. The highest BCUT2D eigenvalue weighted by molar-refractivity contribution is 7.00. The number of carbonyl (C=O) groups excluding carboxylic acids is 2. The number of amides is 3. The van der Waals surface area contributed by atoms with E-state index >= 15 is 0 Å². The molecule has 3 N–H and O–H groups in total. The molecule has 0 spiro atoms. The van der Waals surface area contributed by atoms with Crippen LogP contribution in [0.25, 0.3) is 11.0 Å². The van der Waals surface area contributed by atoms with E-state index in [4.69, 9.17) is 5.73 Å². The summed E-state index contributed by atoms with van der Waals surface area (Å²) < 4.78 is 8.17. The lowest BCUT2D eigenvalue weighted by atomic mass is 10.1. The average molecular weight is 277 g/mol. The molecular formula is C11H11N5O2S. The van der Waals surface area contributed by atoms with Crippen molar-refractivity contribution in [3.63, 3.8) is 0 Å². The molecule has 0 atom stereocenters. The Balaban J connectivity index is 1.66. The van der Waals surface area contributed by atoms with Gasteiger partial charge in [-0.1, -0.05) is 0 Å². The molecule has 7 nitrogen and oxygen atoms in total. The molecule has 1 aromatic heterocycles. The highest BCUT2D eigenvalue weighted by Crippen LogP contribution is 2.14. The Kier molecular flexibility index (Phi) is 2.79. The molecule has 1 fully saturated rings. The van der Waals surface area contributed by atoms with E-state index in [9.17, 15) is 9.59 Å². The van der Waals surface area contributed by atoms with Crippen LogP contribution in [0, 0.1) is 0 Å². The molecule has 2 aromatic rings. The molecule has 0 unspecified atom stereocenters. The lowest BCUT2D eigenvalue weighted by Gasteiger charge is -2.38. The van der Waals surface area contributed by atoms with Gasteiger partial charge in [0.25, 0.3) is 5.91 Å². The summed E-state index contributed by atoms with van der Waals surface area (Å²) >= 11 is 1.12. The van der Waals surface area contributed by atoms with Gasteiger partial charge in [-0.15, -0.1) is 0 Å². The monoisotopic (exact) mass is 277 g/mol. The van der Waals surface area contributed by atoms with Crippen LogP contribution >= 0.6 is 11.7 Å². The lowest BCUT2D eigenvalue weighted by molar-refractivity contribution is 0.0861. The van der Waals surface area contributed by atoms with Gasteiger partial charge in [0.1, 0.15) is 11.0 Å². The number of fused-ring (bicyclic) bond motifs is 1. The Morgan fingerprint density at radius 3 is 2.79 bits per heavy atom. The molecule has 1 aromatic carbocycles. The third kappa shape index (κ3) is 2.22. The average Bonchev–Trinajstić information content (AvgIpc) is 2.79. The number of primary amides is 1. The van der Waals surface area contributed by atoms with E-state index in [0.29, 0.717) is 24.2 Å². The third-order valence-electron chi connectivity index (χ3n) is 3.04. The van der Waals surface area contributed by atoms with E-state index in [-0.39, 0.29) is 11.9 Å². The van der Waals surface area contributed by atoms with Gasteiger partial charge in [0, 0.05) is 18.7 Å². The first kappa shape index (κ1) is 11.8. The van der Waals surface area contributed by atoms with Crippen molar-refractivity contribution in [2.24, 2.45) is 5.73 Å². The predicted molar refractivity (Wildman–Crippen MR) is 69.8 cm³/mol. The van der Waals surface area contributed by atoms with Crippen molar-refractivity contribution >= 4 is 34.7 Å². The van der Waals surface area contributed by atoms with Crippen LogP contribution in [-0.2, 0) is 0 Å². The molecule has 0 bridgehead atoms. The Bertz CT molecular complexity index is 649. The topological polar surface area (TPSA) is 101 Å². The maximum absolute atomic E-state index is 12.0. The summed E-state index contributed by atoms with van der Waals surface area (Å²) in [5.41, 5.74) is 7.15. The second-order valence-electron chi connectivity index (χ2n) is 4.38. The van der Waals surface area contributed by atoms with E-state index in [1.807, 2.05) is 0 Å². The van der Waals surface area contributed by atoms with Crippen LogP contribution in [0.5, 0.6) is 0 Å². The fourth-order valence-corrected chi connectivity index (χ4v) is 2.46. The largest absolute Gasteiger partial charge is 0.351 e. The molecule has 19 heavy (non-hydrogen) atoms. The van der Waals surface area contributed by atoms with Gasteiger partial charge in [-0.3, -0.25) is 4.79 Å². The van der Waals surface area contributed by atoms with Crippen molar-refractivity contribution in [2.45, 2.75) is 6.04 Å². The summed E-state index contributed by atoms with van der Waals surface area (Å²) in [6.07, 6.45) is 0. The second kappa shape index (κ2) is 4.47. The van der Waals surface area contributed by atoms with Crippen molar-refractivity contribution in [3.8, 4) is 0 Å². The van der Waals surface area contributed by atoms with Crippen LogP contribution in [-0.4, -0.2) is 44.7 Å². The van der Waals surface area contributed by atoms with E-state index < -0.39 is 6.03 Å². The fourth-order valence-electron chi connectivity index (χ4n) is 1.94. The maximum atomic E-state index is 12.0. The van der Waals surface area contributed by atoms with Crippen molar-refractivity contribution < 1.29 is 9.59 Å². The molecular weight excluding hydrogens is 266 g/mol. The molecule has 1 aliphatic heterocycles. The SMILES string of the molecule is NC(=O)N1CC(NC(=O)c2ccc3nsnc3c2)C1. The minimum atomic E-state index is -0.458. The number of aromatic nitrogens is 2. The van der Waals surface area contributed by atoms with Crippen LogP contribution in [0.4, 0.5) is 4.79 Å². The minimum absolute atomic E-state index is 0.0377. The molecule has 0 aliphatic carbocycles. The van der Waals surface area contributed by atoms with Gasteiger partial charge >= 0.3 is 6.03 Å². The summed E-state index contributed by atoms with van der Waals surface area (Å²) in [7, 11) is 0. The van der Waals surface area contributed by atoms with Gasteiger partial charge in [-0.25, -0.2) is 4.79 Å². The molecule has 98 valence electrons. The summed E-state index contributed by atoms with van der Waals surface area (Å²) in [5, 5.41) is 2.84. The second-order valence-corrected chi connectivity index (χ2v) is 4.91. The number of nitrogens with zero attached hydrogens (tertiary/aromatic N) is 3. The standard InChI is InChI=1S/C11H11N5O2S/c12-11(18)16-4-7(5-16)13-10(17)6-1-2-8-9(3-6)15-19-14-8/h1-3,7H,4-5H2,(H2,12,18)(H,13,17). The molecule has 0 radical (unpaired) electrons. The van der Waals surface area contributed by atoms with E-state index in [1.165, 1.54) is 4.90 Å². The van der Waals surface area contributed by atoms with Gasteiger partial charge in [-0.05, 0) is 18.2 Å². The number of hydrogen-bond acceptors (Lipinski definition) is 5. The fraction of sp³-hybridized carbons (Fsp3) is 0.273. The van der Waals surface area contributed by atoms with Crippen molar-refractivity contribution in [3.05, 3.63) is 23.8 Å². The Hall–Kier alpha value is -2.22. The Morgan fingerprint density at radius 1 is 1.32 bits per heavy atom. The highest BCUT2D eigenvalue weighted by Gasteiger charge is 2.30. The number of urea groups is 1. The van der Waals surface area contributed by atoms with Crippen LogP contribution in [0.1, 0.15) is 10.4 Å². The van der Waals surface area contributed by atoms with E-state index in [0.717, 1.165) is 17.2 Å². The van der Waals surface area contributed by atoms with Crippen molar-refractivity contribution in [1.82, 2.24) is 19.0 Å². The summed E-state index contributed by atoms with van der Waals surface area (Å²) in [6.45, 7) is 0.920. The smallest absolute Gasteiger partial charge is 0.314 e. The Labute approximate surface area is 112 Å². The summed E-state index contributed by atoms with van der Waals surface area (Å²) in [6, 6.07) is 4.69. The zero-order valence-electron chi connectivity index (χ0n) is 9.87. The lowest BCUT2D eigenvalue weighted by Crippen LogP contribution is -2.62. The van der Waals surface area contributed by atoms with Crippen LogP contribution in [0.15, 0.2) is 18.2 Å². The zero-order chi connectivity index (χ0) is 13.4. The van der Waals surface area contributed by atoms with Crippen LogP contribution in [0.2, 0.25) is 0 Å². The number of carbonyl (C=O) groups is 2. The van der Waals surface area contributed by atoms with Gasteiger partial charge in [-0.2, -0.15) is 8.75 Å². The summed E-state index contributed by atoms with van der Waals surface area (Å²) in [5.74, 6) is -0.177. The predicted octanol–water partition coefficient (Wildman–Crippen LogP) is 0.184. The first-order valence-corrected chi connectivity index (χ1v) is 6.44. The highest BCUT2D eigenvalue weighted by atomic mass is 32.1. The van der Waals surface area contributed by atoms with Crippen molar-refractivity contribution in [1.29, 1.82) is 0 Å². The normalized spacial score (nSPS) is 15.3. The third-order valence-corrected chi connectivity index (χ3v) is 3.60. The van der Waals surface area contributed by atoms with Crippen molar-refractivity contribution in [2.75, 3.05) is 13.1 Å². The number of hydrogen-bond donors (Lipinski definition) is 2. The molecule has 2 heterocycles. The van der Waals surface area contributed by atoms with E-state index in [2.05, 4.69) is 14.1 Å². The van der Waals surface area contributed by atoms with Gasteiger partial charge < -0.3 is 16.0 Å². The maximum Gasteiger partial charge on any atom is 0.314 e. The van der Waals surface area contributed by atoms with Gasteiger partial charge in [0.15, 0.2) is 0 Å². The number of likely N-dealkylation sites (tertiary alicyclic amines) is 1. The molecule has 3 rings (SSSR count). The molecule has 8 heteroatoms. The molecule has 1 saturated heterocycles. The molecule has 0 saturated carbocycles. The zero-order valence-corrected chi connectivity index (χ0v) is 10.7. The molecule has 1 aliphatic rings.